The smallest absolute Gasteiger partial charge is 0.288 e. The number of hydrogen-bond acceptors (Lipinski definition) is 3. The maximum atomic E-state index is 12.6. The Kier molecular flexibility index (Phi) is 4.01. The molecule has 1 aliphatic rings. The number of thioether (sulfide) groups is 1. The van der Waals surface area contributed by atoms with Crippen LogP contribution in [-0.4, -0.2) is 5.76 Å². The van der Waals surface area contributed by atoms with Crippen molar-refractivity contribution in [2.75, 3.05) is 11.1 Å². The maximum Gasteiger partial charge on any atom is 0.288 e. The van der Waals surface area contributed by atoms with Crippen molar-refractivity contribution in [3.05, 3.63) is 53.6 Å². The highest BCUT2D eigenvalue weighted by molar-refractivity contribution is 7.99. The largest absolute Gasteiger partial charge is 0.399 e. The summed E-state index contributed by atoms with van der Waals surface area (Å²) in [6, 6.07) is 13.3. The molecule has 0 saturated heterocycles. The number of benzene rings is 2. The van der Waals surface area contributed by atoms with Gasteiger partial charge in [-0.2, -0.15) is 8.78 Å². The number of nitrogens with one attached hydrogen (secondary N) is 1. The molecule has 110 valence electrons. The molecule has 2 aromatic rings. The van der Waals surface area contributed by atoms with E-state index in [9.17, 15) is 8.78 Å². The minimum atomic E-state index is -2.41. The van der Waals surface area contributed by atoms with Crippen molar-refractivity contribution in [2.24, 2.45) is 0 Å². The van der Waals surface area contributed by atoms with Crippen molar-refractivity contribution in [1.82, 2.24) is 0 Å². The monoisotopic (exact) mass is 306 g/mol. The minimum absolute atomic E-state index is 0.153. The van der Waals surface area contributed by atoms with Crippen molar-refractivity contribution in [3.8, 4) is 0 Å². The fraction of sp³-hybridized carbons (Fsp3) is 0.250. The van der Waals surface area contributed by atoms with Gasteiger partial charge in [-0.3, -0.25) is 0 Å². The number of fused-ring (bicyclic) bond motifs is 1. The number of anilines is 2. The molecule has 0 spiro atoms. The molecule has 3 rings (SSSR count). The number of halogens is 2. The van der Waals surface area contributed by atoms with E-state index in [1.54, 1.807) is 12.1 Å². The number of nitrogen functional groups attached to an aromatic ring is 1. The molecular weight excluding hydrogens is 290 g/mol. The molecule has 0 saturated carbocycles. The van der Waals surface area contributed by atoms with E-state index in [1.165, 1.54) is 11.1 Å². The van der Waals surface area contributed by atoms with Gasteiger partial charge in [0, 0.05) is 16.3 Å². The molecule has 1 atom stereocenters. The van der Waals surface area contributed by atoms with E-state index >= 15 is 0 Å². The average molecular weight is 306 g/mol. The van der Waals surface area contributed by atoms with Crippen molar-refractivity contribution in [2.45, 2.75) is 29.5 Å². The van der Waals surface area contributed by atoms with E-state index in [0.717, 1.165) is 24.2 Å². The van der Waals surface area contributed by atoms with E-state index in [2.05, 4.69) is 5.32 Å². The van der Waals surface area contributed by atoms with Gasteiger partial charge in [0.15, 0.2) is 0 Å². The summed E-state index contributed by atoms with van der Waals surface area (Å²) < 4.78 is 25.2. The van der Waals surface area contributed by atoms with Crippen LogP contribution in [0.5, 0.6) is 0 Å². The SMILES string of the molecule is Nc1ccc2c(c1)CCC2Nc1ccccc1SC(F)F. The summed E-state index contributed by atoms with van der Waals surface area (Å²) in [5.41, 5.74) is 9.78. The average Bonchev–Trinajstić information content (AvgIpc) is 2.83. The van der Waals surface area contributed by atoms with E-state index < -0.39 is 5.76 Å². The quantitative estimate of drug-likeness (QED) is 0.636. The highest BCUT2D eigenvalue weighted by atomic mass is 32.2. The summed E-state index contributed by atoms with van der Waals surface area (Å²) in [5.74, 6) is -2.41. The Morgan fingerprint density at radius 1 is 1.19 bits per heavy atom. The predicted octanol–water partition coefficient (Wildman–Crippen LogP) is 4.68. The first kappa shape index (κ1) is 14.2. The van der Waals surface area contributed by atoms with Crippen LogP contribution in [0.15, 0.2) is 47.4 Å². The van der Waals surface area contributed by atoms with Crippen molar-refractivity contribution >= 4 is 23.1 Å². The van der Waals surface area contributed by atoms with Crippen molar-refractivity contribution < 1.29 is 8.78 Å². The zero-order valence-electron chi connectivity index (χ0n) is 11.4. The van der Waals surface area contributed by atoms with Crippen LogP contribution in [-0.2, 0) is 6.42 Å². The number of para-hydroxylation sites is 1. The summed E-state index contributed by atoms with van der Waals surface area (Å²) in [4.78, 5) is 0.580. The number of nitrogens with two attached hydrogens (primary N) is 1. The molecule has 2 aromatic carbocycles. The summed E-state index contributed by atoms with van der Waals surface area (Å²) in [6.45, 7) is 0. The van der Waals surface area contributed by atoms with E-state index in [1.807, 2.05) is 30.3 Å². The van der Waals surface area contributed by atoms with Gasteiger partial charge in [0.2, 0.25) is 0 Å². The Labute approximate surface area is 126 Å². The Morgan fingerprint density at radius 2 is 2.00 bits per heavy atom. The second-order valence-electron chi connectivity index (χ2n) is 5.07. The molecule has 0 fully saturated rings. The van der Waals surface area contributed by atoms with Crippen LogP contribution < -0.4 is 11.1 Å². The predicted molar refractivity (Wildman–Crippen MR) is 83.8 cm³/mol. The minimum Gasteiger partial charge on any atom is -0.399 e. The van der Waals surface area contributed by atoms with Crippen LogP contribution in [0.2, 0.25) is 0 Å². The molecule has 21 heavy (non-hydrogen) atoms. The van der Waals surface area contributed by atoms with Crippen LogP contribution in [0.3, 0.4) is 0 Å². The molecule has 0 aliphatic heterocycles. The Hall–Kier alpha value is -1.75. The summed E-state index contributed by atoms with van der Waals surface area (Å²) >= 11 is 0.576. The number of hydrogen-bond donors (Lipinski definition) is 2. The lowest BCUT2D eigenvalue weighted by Gasteiger charge is -2.18. The van der Waals surface area contributed by atoms with Crippen molar-refractivity contribution in [3.63, 3.8) is 0 Å². The molecule has 2 nitrogen and oxygen atoms in total. The van der Waals surface area contributed by atoms with Gasteiger partial charge in [-0.25, -0.2) is 0 Å². The zero-order chi connectivity index (χ0) is 14.8. The molecule has 0 radical (unpaired) electrons. The third-order valence-corrected chi connectivity index (χ3v) is 4.47. The Morgan fingerprint density at radius 3 is 2.81 bits per heavy atom. The first-order chi connectivity index (χ1) is 10.1. The molecule has 1 aliphatic carbocycles. The lowest BCUT2D eigenvalue weighted by Crippen LogP contribution is -2.08. The third kappa shape index (κ3) is 3.13. The van der Waals surface area contributed by atoms with Crippen LogP contribution in [0.25, 0.3) is 0 Å². The lowest BCUT2D eigenvalue weighted by molar-refractivity contribution is 0.252. The molecule has 0 heterocycles. The van der Waals surface area contributed by atoms with Gasteiger partial charge in [0.25, 0.3) is 5.76 Å². The second-order valence-corrected chi connectivity index (χ2v) is 6.10. The molecule has 3 N–H and O–H groups in total. The fourth-order valence-electron chi connectivity index (χ4n) is 2.76. The van der Waals surface area contributed by atoms with Gasteiger partial charge in [0.1, 0.15) is 0 Å². The van der Waals surface area contributed by atoms with Gasteiger partial charge in [-0.05, 0) is 48.2 Å². The van der Waals surface area contributed by atoms with Crippen LogP contribution in [0.1, 0.15) is 23.6 Å². The van der Waals surface area contributed by atoms with Gasteiger partial charge in [-0.15, -0.1) is 0 Å². The summed E-state index contributed by atoms with van der Waals surface area (Å²) in [7, 11) is 0. The highest BCUT2D eigenvalue weighted by Crippen LogP contribution is 2.38. The lowest BCUT2D eigenvalue weighted by atomic mass is 10.1. The Bertz CT molecular complexity index is 646. The number of alkyl halides is 2. The standard InChI is InChI=1S/C16H16F2N2S/c17-16(18)21-15-4-2-1-3-14(15)20-13-8-5-10-9-11(19)6-7-12(10)13/h1-4,6-7,9,13,16,20H,5,8,19H2. The third-order valence-electron chi connectivity index (χ3n) is 3.68. The maximum absolute atomic E-state index is 12.6. The molecule has 0 amide bonds. The van der Waals surface area contributed by atoms with E-state index in [4.69, 9.17) is 5.73 Å². The fourth-order valence-corrected chi connectivity index (χ4v) is 3.36. The molecule has 0 bridgehead atoms. The summed E-state index contributed by atoms with van der Waals surface area (Å²) in [6.07, 6.45) is 1.91. The van der Waals surface area contributed by atoms with Gasteiger partial charge in [-0.1, -0.05) is 30.0 Å². The Balaban J connectivity index is 1.83. The first-order valence-electron chi connectivity index (χ1n) is 6.82. The van der Waals surface area contributed by atoms with Crippen LogP contribution in [0.4, 0.5) is 20.2 Å². The second kappa shape index (κ2) is 5.93. The zero-order valence-corrected chi connectivity index (χ0v) is 12.2. The number of rotatable bonds is 4. The summed E-state index contributed by atoms with van der Waals surface area (Å²) in [5, 5.41) is 3.40. The normalized spacial score (nSPS) is 17.0. The van der Waals surface area contributed by atoms with Gasteiger partial charge in [0.05, 0.1) is 6.04 Å². The molecule has 1 unspecified atom stereocenters. The van der Waals surface area contributed by atoms with Gasteiger partial charge < -0.3 is 11.1 Å². The van der Waals surface area contributed by atoms with E-state index in [-0.39, 0.29) is 6.04 Å². The first-order valence-corrected chi connectivity index (χ1v) is 7.70. The van der Waals surface area contributed by atoms with Crippen LogP contribution >= 0.6 is 11.8 Å². The van der Waals surface area contributed by atoms with E-state index in [0.29, 0.717) is 16.7 Å². The molecular formula is C16H16F2N2S. The van der Waals surface area contributed by atoms with Gasteiger partial charge >= 0.3 is 0 Å². The molecule has 5 heteroatoms. The van der Waals surface area contributed by atoms with Crippen molar-refractivity contribution in [1.29, 1.82) is 0 Å². The topological polar surface area (TPSA) is 38.0 Å². The highest BCUT2D eigenvalue weighted by Gasteiger charge is 2.23. The molecule has 0 aromatic heterocycles. The number of aryl methyl sites for hydroxylation is 1. The van der Waals surface area contributed by atoms with Crippen LogP contribution in [0, 0.1) is 0 Å².